The molecule has 3 amide bonds. The average molecular weight is 604 g/mol. The number of hydrogen-bond donors (Lipinski definition) is 3. The summed E-state index contributed by atoms with van der Waals surface area (Å²) in [5, 5.41) is 6.82. The summed E-state index contributed by atoms with van der Waals surface area (Å²) in [5.41, 5.74) is 1.77. The molecule has 1 aliphatic heterocycles. The SMILES string of the molecule is O=C(Nc1cccc(Cl)c1Cl)NC(Cc1c[nH]c2ccccc12)C(=O)N1CCN(c2cccc(C(F)(F)F)c2)CC1. The molecule has 1 aromatic heterocycles. The van der Waals surface area contributed by atoms with Crippen molar-refractivity contribution < 1.29 is 22.8 Å². The van der Waals surface area contributed by atoms with E-state index in [2.05, 4.69) is 15.6 Å². The van der Waals surface area contributed by atoms with Crippen molar-refractivity contribution in [3.05, 3.63) is 94.1 Å². The molecule has 1 unspecified atom stereocenters. The van der Waals surface area contributed by atoms with E-state index in [0.717, 1.165) is 28.6 Å². The van der Waals surface area contributed by atoms with Crippen LogP contribution in [0.2, 0.25) is 10.0 Å². The molecule has 0 saturated carbocycles. The van der Waals surface area contributed by atoms with E-state index in [1.54, 1.807) is 29.2 Å². The van der Waals surface area contributed by atoms with E-state index in [1.165, 1.54) is 6.07 Å². The summed E-state index contributed by atoms with van der Waals surface area (Å²) in [6, 6.07) is 16.1. The molecule has 5 rings (SSSR count). The fourth-order valence-electron chi connectivity index (χ4n) is 4.92. The lowest BCUT2D eigenvalue weighted by Crippen LogP contribution is -2.56. The molecule has 3 aromatic carbocycles. The van der Waals surface area contributed by atoms with Gasteiger partial charge in [-0.15, -0.1) is 0 Å². The Morgan fingerprint density at radius 1 is 0.951 bits per heavy atom. The maximum absolute atomic E-state index is 13.8. The zero-order valence-electron chi connectivity index (χ0n) is 21.6. The number of piperazine rings is 1. The zero-order chi connectivity index (χ0) is 29.1. The van der Waals surface area contributed by atoms with Gasteiger partial charge in [0.05, 0.1) is 21.3 Å². The molecule has 0 bridgehead atoms. The van der Waals surface area contributed by atoms with Crippen molar-refractivity contribution in [2.24, 2.45) is 0 Å². The minimum atomic E-state index is -4.44. The molecule has 7 nitrogen and oxygen atoms in total. The topological polar surface area (TPSA) is 80.5 Å². The van der Waals surface area contributed by atoms with Gasteiger partial charge in [-0.3, -0.25) is 4.79 Å². The van der Waals surface area contributed by atoms with Gasteiger partial charge in [0.2, 0.25) is 5.91 Å². The average Bonchev–Trinajstić information content (AvgIpc) is 3.37. The summed E-state index contributed by atoms with van der Waals surface area (Å²) in [5.74, 6) is -0.300. The Morgan fingerprint density at radius 2 is 1.68 bits per heavy atom. The van der Waals surface area contributed by atoms with Crippen molar-refractivity contribution in [3.63, 3.8) is 0 Å². The van der Waals surface area contributed by atoms with Crippen molar-refractivity contribution in [3.8, 4) is 0 Å². The molecule has 2 heterocycles. The molecule has 41 heavy (non-hydrogen) atoms. The number of H-pyrrole nitrogens is 1. The second-order valence-corrected chi connectivity index (χ2v) is 10.5. The van der Waals surface area contributed by atoms with Crippen molar-refractivity contribution in [1.82, 2.24) is 15.2 Å². The van der Waals surface area contributed by atoms with Gasteiger partial charge in [-0.1, -0.05) is 53.5 Å². The number of para-hydroxylation sites is 1. The minimum Gasteiger partial charge on any atom is -0.368 e. The number of aromatic nitrogens is 1. The molecular weight excluding hydrogens is 578 g/mol. The maximum atomic E-state index is 13.8. The number of rotatable bonds is 6. The number of amides is 3. The van der Waals surface area contributed by atoms with Crippen molar-refractivity contribution in [1.29, 1.82) is 0 Å². The Labute approximate surface area is 244 Å². The number of alkyl halides is 3. The molecule has 0 spiro atoms. The zero-order valence-corrected chi connectivity index (χ0v) is 23.2. The summed E-state index contributed by atoms with van der Waals surface area (Å²) in [6.07, 6.45) is -2.41. The van der Waals surface area contributed by atoms with Crippen molar-refractivity contribution in [2.75, 3.05) is 36.4 Å². The van der Waals surface area contributed by atoms with Crippen LogP contribution in [-0.4, -0.2) is 54.0 Å². The number of halogens is 5. The van der Waals surface area contributed by atoms with Gasteiger partial charge >= 0.3 is 12.2 Å². The molecule has 1 fully saturated rings. The largest absolute Gasteiger partial charge is 0.416 e. The molecule has 0 aliphatic carbocycles. The third kappa shape index (κ3) is 6.55. The molecule has 1 atom stereocenters. The second kappa shape index (κ2) is 11.9. The van der Waals surface area contributed by atoms with Gasteiger partial charge in [-0.2, -0.15) is 13.2 Å². The number of anilines is 2. The Bertz CT molecular complexity index is 1570. The predicted molar refractivity (Wildman–Crippen MR) is 155 cm³/mol. The molecule has 4 aromatic rings. The Hall–Kier alpha value is -3.89. The van der Waals surface area contributed by atoms with Gasteiger partial charge in [0.25, 0.3) is 0 Å². The fourth-order valence-corrected chi connectivity index (χ4v) is 5.27. The first-order valence-electron chi connectivity index (χ1n) is 12.9. The van der Waals surface area contributed by atoms with Crippen LogP contribution < -0.4 is 15.5 Å². The van der Waals surface area contributed by atoms with Crippen LogP contribution in [0.25, 0.3) is 10.9 Å². The normalized spacial score (nSPS) is 14.7. The standard InChI is InChI=1S/C29H26Cl2F3N5O2/c30-22-8-4-10-24(26(22)31)36-28(41)37-25(15-18-17-35-23-9-2-1-7-21(18)23)27(40)39-13-11-38(12-14-39)20-6-3-5-19(16-20)29(32,33)34/h1-10,16-17,25,35H,11-15H2,(H2,36,37,41). The summed E-state index contributed by atoms with van der Waals surface area (Å²) in [6.45, 7) is 1.25. The monoisotopic (exact) mass is 603 g/mol. The number of carbonyl (C=O) groups excluding carboxylic acids is 2. The first kappa shape index (κ1) is 28.6. The highest BCUT2D eigenvalue weighted by molar-refractivity contribution is 6.44. The lowest BCUT2D eigenvalue weighted by molar-refractivity contribution is -0.137. The lowest BCUT2D eigenvalue weighted by Gasteiger charge is -2.38. The summed E-state index contributed by atoms with van der Waals surface area (Å²) >= 11 is 12.3. The van der Waals surface area contributed by atoms with E-state index < -0.39 is 23.8 Å². The number of aromatic amines is 1. The van der Waals surface area contributed by atoms with Crippen molar-refractivity contribution >= 4 is 57.4 Å². The number of urea groups is 1. The minimum absolute atomic E-state index is 0.175. The van der Waals surface area contributed by atoms with Gasteiger partial charge < -0.3 is 25.4 Å². The van der Waals surface area contributed by atoms with Gasteiger partial charge in [0.1, 0.15) is 6.04 Å². The van der Waals surface area contributed by atoms with E-state index in [-0.39, 0.29) is 35.5 Å². The van der Waals surface area contributed by atoms with E-state index >= 15 is 0 Å². The van der Waals surface area contributed by atoms with E-state index in [4.69, 9.17) is 23.2 Å². The molecule has 214 valence electrons. The molecule has 3 N–H and O–H groups in total. The van der Waals surface area contributed by atoms with E-state index in [9.17, 15) is 22.8 Å². The number of benzene rings is 3. The van der Waals surface area contributed by atoms with Crippen LogP contribution in [0.1, 0.15) is 11.1 Å². The van der Waals surface area contributed by atoms with Crippen LogP contribution in [0.4, 0.5) is 29.3 Å². The third-order valence-corrected chi connectivity index (χ3v) is 7.85. The third-order valence-electron chi connectivity index (χ3n) is 7.03. The Morgan fingerprint density at radius 3 is 2.44 bits per heavy atom. The summed E-state index contributed by atoms with van der Waals surface area (Å²) in [4.78, 5) is 33.4. The number of carbonyl (C=O) groups is 2. The van der Waals surface area contributed by atoms with Crippen LogP contribution in [0, 0.1) is 0 Å². The smallest absolute Gasteiger partial charge is 0.368 e. The van der Waals surface area contributed by atoms with Crippen molar-refractivity contribution in [2.45, 2.75) is 18.6 Å². The lowest BCUT2D eigenvalue weighted by atomic mass is 10.0. The van der Waals surface area contributed by atoms with Gasteiger partial charge in [-0.25, -0.2) is 4.79 Å². The number of nitrogens with one attached hydrogen (secondary N) is 3. The summed E-state index contributed by atoms with van der Waals surface area (Å²) in [7, 11) is 0. The van der Waals surface area contributed by atoms with E-state index in [0.29, 0.717) is 24.5 Å². The molecule has 12 heteroatoms. The Balaban J connectivity index is 1.32. The van der Waals surface area contributed by atoms with Crippen LogP contribution in [-0.2, 0) is 17.4 Å². The summed E-state index contributed by atoms with van der Waals surface area (Å²) < 4.78 is 39.6. The molecular formula is C29H26Cl2F3N5O2. The first-order valence-corrected chi connectivity index (χ1v) is 13.6. The van der Waals surface area contributed by atoms with Crippen LogP contribution in [0.5, 0.6) is 0 Å². The first-order chi connectivity index (χ1) is 19.6. The molecule has 0 radical (unpaired) electrons. The Kier molecular flexibility index (Phi) is 8.32. The number of nitrogens with zero attached hydrogens (tertiary/aromatic N) is 2. The van der Waals surface area contributed by atoms with Crippen LogP contribution in [0.3, 0.4) is 0 Å². The fraction of sp³-hybridized carbons (Fsp3) is 0.241. The second-order valence-electron chi connectivity index (χ2n) is 9.68. The maximum Gasteiger partial charge on any atom is 0.416 e. The quantitative estimate of drug-likeness (QED) is 0.233. The highest BCUT2D eigenvalue weighted by Gasteiger charge is 2.32. The number of fused-ring (bicyclic) bond motifs is 1. The van der Waals surface area contributed by atoms with Crippen LogP contribution in [0.15, 0.2) is 72.9 Å². The highest BCUT2D eigenvalue weighted by atomic mass is 35.5. The molecule has 1 saturated heterocycles. The number of hydrogen-bond acceptors (Lipinski definition) is 3. The van der Waals surface area contributed by atoms with Crippen LogP contribution >= 0.6 is 23.2 Å². The van der Waals surface area contributed by atoms with E-state index in [1.807, 2.05) is 35.4 Å². The highest BCUT2D eigenvalue weighted by Crippen LogP contribution is 2.32. The van der Waals surface area contributed by atoms with Gasteiger partial charge in [0.15, 0.2) is 0 Å². The molecule has 1 aliphatic rings. The predicted octanol–water partition coefficient (Wildman–Crippen LogP) is 6.58. The van der Waals surface area contributed by atoms with Gasteiger partial charge in [0, 0.05) is 55.4 Å². The van der Waals surface area contributed by atoms with Gasteiger partial charge in [-0.05, 0) is 42.0 Å².